The molecule has 5 heteroatoms. The van der Waals surface area contributed by atoms with Crippen LogP contribution >= 0.6 is 0 Å². The number of carbonyl (C=O) groups excluding carboxylic acids is 1. The molecule has 0 heterocycles. The molecule has 0 aromatic heterocycles. The fraction of sp³-hybridized carbons (Fsp3) is 0.500. The van der Waals surface area contributed by atoms with Gasteiger partial charge >= 0.3 is 12.1 Å². The van der Waals surface area contributed by atoms with Crippen LogP contribution in [0.25, 0.3) is 0 Å². The maximum atomic E-state index is 12.4. The number of hydrogen-bond acceptors (Lipinski definition) is 2. The molecule has 0 amide bonds. The molecule has 0 spiro atoms. The fourth-order valence-corrected chi connectivity index (χ4v) is 1.59. The van der Waals surface area contributed by atoms with Crippen LogP contribution in [0.5, 0.6) is 0 Å². The number of benzene rings is 1. The van der Waals surface area contributed by atoms with Crippen molar-refractivity contribution in [2.75, 3.05) is 0 Å². The van der Waals surface area contributed by atoms with Crippen LogP contribution in [0.15, 0.2) is 24.3 Å². The fourth-order valence-electron chi connectivity index (χ4n) is 1.59. The summed E-state index contributed by atoms with van der Waals surface area (Å²) in [5, 5.41) is 0. The maximum absolute atomic E-state index is 12.4. The molecule has 0 fully saturated rings. The second-order valence-electron chi connectivity index (χ2n) is 4.36. The van der Waals surface area contributed by atoms with E-state index in [4.69, 9.17) is 4.74 Å². The van der Waals surface area contributed by atoms with E-state index < -0.39 is 17.8 Å². The van der Waals surface area contributed by atoms with Crippen molar-refractivity contribution in [3.63, 3.8) is 0 Å². The average molecular weight is 274 g/mol. The van der Waals surface area contributed by atoms with Crippen LogP contribution < -0.4 is 0 Å². The van der Waals surface area contributed by atoms with Crippen molar-refractivity contribution in [2.45, 2.75) is 45.4 Å². The molecule has 1 aromatic rings. The van der Waals surface area contributed by atoms with Gasteiger partial charge in [0.25, 0.3) is 0 Å². The van der Waals surface area contributed by atoms with Gasteiger partial charge in [-0.3, -0.25) is 4.79 Å². The molecule has 0 radical (unpaired) electrons. The van der Waals surface area contributed by atoms with Crippen molar-refractivity contribution in [3.8, 4) is 0 Å². The topological polar surface area (TPSA) is 26.3 Å². The number of ether oxygens (including phenoxy) is 1. The van der Waals surface area contributed by atoms with Crippen molar-refractivity contribution in [2.24, 2.45) is 0 Å². The SMILES string of the molecule is CCCCC(=O)O[C@@H](C)c1ccc(C(F)(F)F)cc1. The van der Waals surface area contributed by atoms with Gasteiger partial charge in [0.1, 0.15) is 6.10 Å². The molecule has 1 atom stereocenters. The van der Waals surface area contributed by atoms with E-state index in [1.54, 1.807) is 6.92 Å². The third-order valence-corrected chi connectivity index (χ3v) is 2.75. The molecular formula is C14H17F3O2. The predicted octanol–water partition coefficient (Wildman–Crippen LogP) is 4.50. The Morgan fingerprint density at radius 2 is 1.84 bits per heavy atom. The summed E-state index contributed by atoms with van der Waals surface area (Å²) in [6.45, 7) is 3.61. The average Bonchev–Trinajstić information content (AvgIpc) is 2.35. The highest BCUT2D eigenvalue weighted by molar-refractivity contribution is 5.69. The van der Waals surface area contributed by atoms with Crippen molar-refractivity contribution in [1.29, 1.82) is 0 Å². The highest BCUT2D eigenvalue weighted by Crippen LogP contribution is 2.30. The molecule has 0 saturated heterocycles. The molecule has 1 aromatic carbocycles. The Morgan fingerprint density at radius 3 is 2.32 bits per heavy atom. The van der Waals surface area contributed by atoms with Gasteiger partial charge in [-0.1, -0.05) is 25.5 Å². The highest BCUT2D eigenvalue weighted by atomic mass is 19.4. The lowest BCUT2D eigenvalue weighted by Crippen LogP contribution is -2.09. The zero-order valence-electron chi connectivity index (χ0n) is 11.0. The zero-order valence-corrected chi connectivity index (χ0v) is 11.0. The summed E-state index contributed by atoms with van der Waals surface area (Å²) in [6, 6.07) is 4.65. The third-order valence-electron chi connectivity index (χ3n) is 2.75. The van der Waals surface area contributed by atoms with Crippen LogP contribution in [-0.2, 0) is 15.7 Å². The van der Waals surface area contributed by atoms with Gasteiger partial charge in [-0.05, 0) is 31.0 Å². The monoisotopic (exact) mass is 274 g/mol. The largest absolute Gasteiger partial charge is 0.458 e. The molecule has 0 saturated carbocycles. The molecule has 0 aliphatic rings. The van der Waals surface area contributed by atoms with Crippen molar-refractivity contribution in [1.82, 2.24) is 0 Å². The summed E-state index contributed by atoms with van der Waals surface area (Å²) in [7, 11) is 0. The van der Waals surface area contributed by atoms with Gasteiger partial charge in [0, 0.05) is 6.42 Å². The van der Waals surface area contributed by atoms with Gasteiger partial charge in [-0.25, -0.2) is 0 Å². The second-order valence-corrected chi connectivity index (χ2v) is 4.36. The summed E-state index contributed by atoms with van der Waals surface area (Å²) in [6.07, 6.45) is -2.91. The van der Waals surface area contributed by atoms with E-state index in [2.05, 4.69) is 0 Å². The third kappa shape index (κ3) is 4.93. The van der Waals surface area contributed by atoms with E-state index in [1.165, 1.54) is 12.1 Å². The molecule has 106 valence electrons. The summed E-state index contributed by atoms with van der Waals surface area (Å²) < 4.78 is 42.3. The maximum Gasteiger partial charge on any atom is 0.416 e. The Kier molecular flexibility index (Phi) is 5.39. The number of carbonyl (C=O) groups is 1. The Hall–Kier alpha value is -1.52. The first-order valence-electron chi connectivity index (χ1n) is 6.21. The van der Waals surface area contributed by atoms with Crippen LogP contribution in [0.3, 0.4) is 0 Å². The number of alkyl halides is 3. The normalized spacial score (nSPS) is 13.1. The Morgan fingerprint density at radius 1 is 1.26 bits per heavy atom. The summed E-state index contributed by atoms with van der Waals surface area (Å²) >= 11 is 0. The number of hydrogen-bond donors (Lipinski definition) is 0. The van der Waals surface area contributed by atoms with E-state index in [0.29, 0.717) is 12.0 Å². The van der Waals surface area contributed by atoms with Crippen LogP contribution in [0.1, 0.15) is 50.3 Å². The lowest BCUT2D eigenvalue weighted by atomic mass is 10.1. The van der Waals surface area contributed by atoms with E-state index in [0.717, 1.165) is 25.0 Å². The molecule has 2 nitrogen and oxygen atoms in total. The summed E-state index contributed by atoms with van der Waals surface area (Å²) in [4.78, 5) is 11.4. The molecule has 0 N–H and O–H groups in total. The quantitative estimate of drug-likeness (QED) is 0.739. The summed E-state index contributed by atoms with van der Waals surface area (Å²) in [5.41, 5.74) is -0.154. The summed E-state index contributed by atoms with van der Waals surface area (Å²) in [5.74, 6) is -0.325. The van der Waals surface area contributed by atoms with Crippen LogP contribution in [-0.4, -0.2) is 5.97 Å². The highest BCUT2D eigenvalue weighted by Gasteiger charge is 2.30. The van der Waals surface area contributed by atoms with E-state index in [-0.39, 0.29) is 5.97 Å². The van der Waals surface area contributed by atoms with Crippen molar-refractivity contribution >= 4 is 5.97 Å². The van der Waals surface area contributed by atoms with Crippen molar-refractivity contribution < 1.29 is 22.7 Å². The molecule has 0 unspecified atom stereocenters. The first kappa shape index (κ1) is 15.5. The van der Waals surface area contributed by atoms with Gasteiger partial charge in [0.05, 0.1) is 5.56 Å². The second kappa shape index (κ2) is 6.59. The molecule has 19 heavy (non-hydrogen) atoms. The molecular weight excluding hydrogens is 257 g/mol. The van der Waals surface area contributed by atoms with Crippen LogP contribution in [0.4, 0.5) is 13.2 Å². The van der Waals surface area contributed by atoms with Crippen molar-refractivity contribution in [3.05, 3.63) is 35.4 Å². The predicted molar refractivity (Wildman–Crippen MR) is 65.5 cm³/mol. The van der Waals surface area contributed by atoms with Gasteiger partial charge in [-0.2, -0.15) is 13.2 Å². The minimum absolute atomic E-state index is 0.325. The minimum atomic E-state index is -4.35. The van der Waals surface area contributed by atoms with Crippen LogP contribution in [0, 0.1) is 0 Å². The number of esters is 1. The number of unbranched alkanes of at least 4 members (excludes halogenated alkanes) is 1. The van der Waals surface area contributed by atoms with Gasteiger partial charge in [-0.15, -0.1) is 0 Å². The van der Waals surface area contributed by atoms with Crippen LogP contribution in [0.2, 0.25) is 0 Å². The molecule has 0 aliphatic heterocycles. The van der Waals surface area contributed by atoms with Gasteiger partial charge < -0.3 is 4.74 Å². The minimum Gasteiger partial charge on any atom is -0.458 e. The molecule has 0 aliphatic carbocycles. The van der Waals surface area contributed by atoms with E-state index in [9.17, 15) is 18.0 Å². The standard InChI is InChI=1S/C14H17F3O2/c1-3-4-5-13(18)19-10(2)11-6-8-12(9-7-11)14(15,16)17/h6-10H,3-5H2,1-2H3/t10-/m0/s1. The number of rotatable bonds is 5. The van der Waals surface area contributed by atoms with E-state index >= 15 is 0 Å². The Balaban J connectivity index is 2.63. The lowest BCUT2D eigenvalue weighted by Gasteiger charge is -2.14. The smallest absolute Gasteiger partial charge is 0.416 e. The first-order chi connectivity index (χ1) is 8.84. The molecule has 1 rings (SSSR count). The van der Waals surface area contributed by atoms with Gasteiger partial charge in [0.2, 0.25) is 0 Å². The molecule has 0 bridgehead atoms. The Bertz CT molecular complexity index is 410. The lowest BCUT2D eigenvalue weighted by molar-refractivity contribution is -0.148. The zero-order chi connectivity index (χ0) is 14.5. The van der Waals surface area contributed by atoms with E-state index in [1.807, 2.05) is 6.92 Å². The Labute approximate surface area is 110 Å². The number of halogens is 3. The first-order valence-corrected chi connectivity index (χ1v) is 6.21. The van der Waals surface area contributed by atoms with Gasteiger partial charge in [0.15, 0.2) is 0 Å².